The first-order chi connectivity index (χ1) is 8.40. The lowest BCUT2D eigenvalue weighted by Gasteiger charge is -2.16. The minimum atomic E-state index is -1.14. The molecule has 1 aliphatic rings. The minimum absolute atomic E-state index is 0.0268. The van der Waals surface area contributed by atoms with Crippen molar-refractivity contribution in [2.24, 2.45) is 11.7 Å². The molecule has 0 saturated carbocycles. The Labute approximate surface area is 105 Å². The molecule has 0 aromatic rings. The maximum Gasteiger partial charge on any atom is 0.326 e. The molecule has 1 heterocycles. The Hall–Kier alpha value is -1.63. The van der Waals surface area contributed by atoms with Crippen LogP contribution in [0.3, 0.4) is 0 Å². The number of likely N-dealkylation sites (tertiary alicyclic amines) is 1. The molecule has 0 radical (unpaired) electrons. The van der Waals surface area contributed by atoms with E-state index >= 15 is 0 Å². The summed E-state index contributed by atoms with van der Waals surface area (Å²) in [5.74, 6) is -2.16. The molecular formula is C11H19N3O4. The lowest BCUT2D eigenvalue weighted by Crippen LogP contribution is -2.44. The Bertz CT molecular complexity index is 345. The fourth-order valence-corrected chi connectivity index (χ4v) is 1.98. The topological polar surface area (TPSA) is 113 Å². The van der Waals surface area contributed by atoms with E-state index < -0.39 is 17.9 Å². The molecule has 7 nitrogen and oxygen atoms in total. The van der Waals surface area contributed by atoms with E-state index in [1.165, 1.54) is 0 Å². The number of carboxylic acid groups (broad SMARTS) is 1. The monoisotopic (exact) mass is 257 g/mol. The SMILES string of the molecule is CN1CCC(C(=O)N[C@@H](CCC(N)=O)C(=O)O)C1. The van der Waals surface area contributed by atoms with Gasteiger partial charge in [-0.15, -0.1) is 0 Å². The van der Waals surface area contributed by atoms with Gasteiger partial charge in [0.2, 0.25) is 11.8 Å². The van der Waals surface area contributed by atoms with E-state index in [9.17, 15) is 14.4 Å². The van der Waals surface area contributed by atoms with Crippen molar-refractivity contribution in [2.45, 2.75) is 25.3 Å². The summed E-state index contributed by atoms with van der Waals surface area (Å²) in [7, 11) is 1.91. The maximum atomic E-state index is 11.8. The summed E-state index contributed by atoms with van der Waals surface area (Å²) in [6.45, 7) is 1.46. The van der Waals surface area contributed by atoms with E-state index in [0.717, 1.165) is 13.0 Å². The molecule has 0 aromatic carbocycles. The summed E-state index contributed by atoms with van der Waals surface area (Å²) in [6, 6.07) is -1.05. The van der Waals surface area contributed by atoms with Gasteiger partial charge in [-0.2, -0.15) is 0 Å². The van der Waals surface area contributed by atoms with Gasteiger partial charge in [0.1, 0.15) is 6.04 Å². The van der Waals surface area contributed by atoms with Crippen LogP contribution in [-0.2, 0) is 14.4 Å². The van der Waals surface area contributed by atoms with Crippen molar-refractivity contribution in [3.63, 3.8) is 0 Å². The van der Waals surface area contributed by atoms with Gasteiger partial charge < -0.3 is 21.1 Å². The van der Waals surface area contributed by atoms with Crippen molar-refractivity contribution in [3.05, 3.63) is 0 Å². The maximum absolute atomic E-state index is 11.8. The fourth-order valence-electron chi connectivity index (χ4n) is 1.98. The van der Waals surface area contributed by atoms with E-state index in [-0.39, 0.29) is 24.7 Å². The highest BCUT2D eigenvalue weighted by Gasteiger charge is 2.29. The number of carbonyl (C=O) groups is 3. The zero-order chi connectivity index (χ0) is 13.7. The molecule has 18 heavy (non-hydrogen) atoms. The van der Waals surface area contributed by atoms with Crippen LogP contribution >= 0.6 is 0 Å². The van der Waals surface area contributed by atoms with Crippen LogP contribution in [0.5, 0.6) is 0 Å². The van der Waals surface area contributed by atoms with Crippen LogP contribution in [-0.4, -0.2) is 54.0 Å². The number of amides is 2. The predicted octanol–water partition coefficient (Wildman–Crippen LogP) is -1.23. The highest BCUT2D eigenvalue weighted by Crippen LogP contribution is 2.14. The molecule has 1 fully saturated rings. The number of nitrogens with one attached hydrogen (secondary N) is 1. The summed E-state index contributed by atoms with van der Waals surface area (Å²) in [4.78, 5) is 35.4. The van der Waals surface area contributed by atoms with E-state index in [1.807, 2.05) is 11.9 Å². The molecule has 1 aliphatic heterocycles. The van der Waals surface area contributed by atoms with Crippen LogP contribution in [0.4, 0.5) is 0 Å². The zero-order valence-electron chi connectivity index (χ0n) is 10.4. The normalized spacial score (nSPS) is 21.5. The summed E-state index contributed by atoms with van der Waals surface area (Å²) < 4.78 is 0. The largest absolute Gasteiger partial charge is 0.480 e. The molecule has 1 rings (SSSR count). The smallest absolute Gasteiger partial charge is 0.326 e. The van der Waals surface area contributed by atoms with E-state index in [1.54, 1.807) is 0 Å². The standard InChI is InChI=1S/C11H19N3O4/c1-14-5-4-7(6-14)10(16)13-8(11(17)18)2-3-9(12)15/h7-8H,2-6H2,1H3,(H2,12,15)(H,13,16)(H,17,18)/t7?,8-/m0/s1. The van der Waals surface area contributed by atoms with Crippen molar-refractivity contribution in [3.8, 4) is 0 Å². The Morgan fingerprint density at radius 2 is 2.17 bits per heavy atom. The summed E-state index contributed by atoms with van der Waals surface area (Å²) in [6.07, 6.45) is 0.700. The zero-order valence-corrected chi connectivity index (χ0v) is 10.4. The first kappa shape index (κ1) is 14.4. The van der Waals surface area contributed by atoms with Crippen LogP contribution in [0.2, 0.25) is 0 Å². The quantitative estimate of drug-likeness (QED) is 0.551. The molecule has 1 saturated heterocycles. The number of nitrogens with two attached hydrogens (primary N) is 1. The average molecular weight is 257 g/mol. The highest BCUT2D eigenvalue weighted by molar-refractivity contribution is 5.85. The Kier molecular flexibility index (Phi) is 5.08. The summed E-state index contributed by atoms with van der Waals surface area (Å²) in [5.41, 5.74) is 4.96. The Morgan fingerprint density at radius 1 is 1.50 bits per heavy atom. The van der Waals surface area contributed by atoms with Gasteiger partial charge >= 0.3 is 5.97 Å². The third kappa shape index (κ3) is 4.33. The molecule has 0 aromatic heterocycles. The lowest BCUT2D eigenvalue weighted by atomic mass is 10.1. The van der Waals surface area contributed by atoms with Crippen LogP contribution in [0.15, 0.2) is 0 Å². The predicted molar refractivity (Wildman–Crippen MR) is 63.6 cm³/mol. The molecule has 1 unspecified atom stereocenters. The summed E-state index contributed by atoms with van der Waals surface area (Å²) in [5, 5.41) is 11.4. The van der Waals surface area contributed by atoms with Gasteiger partial charge in [0, 0.05) is 13.0 Å². The molecule has 4 N–H and O–H groups in total. The molecule has 0 spiro atoms. The Morgan fingerprint density at radius 3 is 2.61 bits per heavy atom. The fraction of sp³-hybridized carbons (Fsp3) is 0.727. The number of aliphatic carboxylic acids is 1. The van der Waals surface area contributed by atoms with Crippen molar-refractivity contribution in [1.82, 2.24) is 10.2 Å². The van der Waals surface area contributed by atoms with E-state index in [4.69, 9.17) is 10.8 Å². The van der Waals surface area contributed by atoms with Crippen LogP contribution in [0.1, 0.15) is 19.3 Å². The van der Waals surface area contributed by atoms with Gasteiger partial charge in [-0.05, 0) is 26.4 Å². The van der Waals surface area contributed by atoms with Gasteiger partial charge in [0.15, 0.2) is 0 Å². The molecule has 0 bridgehead atoms. The van der Waals surface area contributed by atoms with Crippen LogP contribution < -0.4 is 11.1 Å². The van der Waals surface area contributed by atoms with Crippen molar-refractivity contribution >= 4 is 17.8 Å². The van der Waals surface area contributed by atoms with Crippen LogP contribution in [0.25, 0.3) is 0 Å². The van der Waals surface area contributed by atoms with Crippen LogP contribution in [0, 0.1) is 5.92 Å². The number of carbonyl (C=O) groups excluding carboxylic acids is 2. The third-order valence-electron chi connectivity index (χ3n) is 3.06. The molecule has 2 atom stereocenters. The number of primary amides is 1. The number of rotatable bonds is 6. The number of carboxylic acids is 1. The second-order valence-electron chi connectivity index (χ2n) is 4.65. The molecule has 2 amide bonds. The van der Waals surface area contributed by atoms with E-state index in [2.05, 4.69) is 5.32 Å². The van der Waals surface area contributed by atoms with Gasteiger partial charge in [-0.1, -0.05) is 0 Å². The second-order valence-corrected chi connectivity index (χ2v) is 4.65. The number of hydrogen-bond donors (Lipinski definition) is 3. The van der Waals surface area contributed by atoms with Gasteiger partial charge in [0.05, 0.1) is 5.92 Å². The highest BCUT2D eigenvalue weighted by atomic mass is 16.4. The van der Waals surface area contributed by atoms with E-state index in [0.29, 0.717) is 6.54 Å². The number of hydrogen-bond acceptors (Lipinski definition) is 4. The molecule has 102 valence electrons. The lowest BCUT2D eigenvalue weighted by molar-refractivity contribution is -0.142. The van der Waals surface area contributed by atoms with Crippen molar-refractivity contribution in [2.75, 3.05) is 20.1 Å². The van der Waals surface area contributed by atoms with Gasteiger partial charge in [-0.3, -0.25) is 9.59 Å². The molecule has 7 heteroatoms. The Balaban J connectivity index is 2.47. The van der Waals surface area contributed by atoms with Crippen molar-refractivity contribution < 1.29 is 19.5 Å². The first-order valence-corrected chi connectivity index (χ1v) is 5.90. The second kappa shape index (κ2) is 6.34. The molecule has 0 aliphatic carbocycles. The average Bonchev–Trinajstić information content (AvgIpc) is 2.70. The van der Waals surface area contributed by atoms with Crippen molar-refractivity contribution in [1.29, 1.82) is 0 Å². The first-order valence-electron chi connectivity index (χ1n) is 5.90. The van der Waals surface area contributed by atoms with Gasteiger partial charge in [0.25, 0.3) is 0 Å². The minimum Gasteiger partial charge on any atom is -0.480 e. The third-order valence-corrected chi connectivity index (χ3v) is 3.06. The van der Waals surface area contributed by atoms with Gasteiger partial charge in [-0.25, -0.2) is 4.79 Å². The summed E-state index contributed by atoms with van der Waals surface area (Å²) >= 11 is 0. The number of nitrogens with zero attached hydrogens (tertiary/aromatic N) is 1. The molecular weight excluding hydrogens is 238 g/mol.